The standard InChI is InChI=1S/C24H26N2O5S2/c27-24(26-19-4-1-5-20(16-19)31-17-21-6-2-14-30-21)18-8-10-23(11-9-18)33(28,29)25-13-12-22-7-3-15-32-22/h1,3-5,7-11,15-16,21,25H,2,6,12-14,17H2,(H,26,27). The maximum Gasteiger partial charge on any atom is 0.255 e. The SMILES string of the molecule is O=C(Nc1cccc(OCC2CCCO2)c1)c1ccc(S(=O)(=O)NCCc2cccs2)cc1. The Morgan fingerprint density at radius 2 is 1.97 bits per heavy atom. The molecule has 1 atom stereocenters. The lowest BCUT2D eigenvalue weighted by atomic mass is 10.2. The molecule has 0 spiro atoms. The summed E-state index contributed by atoms with van der Waals surface area (Å²) >= 11 is 1.59. The fraction of sp³-hybridized carbons (Fsp3) is 0.292. The van der Waals surface area contributed by atoms with Gasteiger partial charge in [0.1, 0.15) is 12.4 Å². The molecule has 0 bridgehead atoms. The molecular weight excluding hydrogens is 460 g/mol. The molecule has 9 heteroatoms. The van der Waals surface area contributed by atoms with Crippen molar-refractivity contribution in [3.05, 3.63) is 76.5 Å². The summed E-state index contributed by atoms with van der Waals surface area (Å²) in [5.74, 6) is 0.319. The molecule has 7 nitrogen and oxygen atoms in total. The van der Waals surface area contributed by atoms with Crippen LogP contribution in [0.2, 0.25) is 0 Å². The molecule has 33 heavy (non-hydrogen) atoms. The number of ether oxygens (including phenoxy) is 2. The summed E-state index contributed by atoms with van der Waals surface area (Å²) in [5, 5.41) is 4.78. The fourth-order valence-electron chi connectivity index (χ4n) is 3.46. The Bertz CT molecular complexity index is 1160. The lowest BCUT2D eigenvalue weighted by Crippen LogP contribution is -2.26. The van der Waals surface area contributed by atoms with Gasteiger partial charge in [-0.05, 0) is 67.1 Å². The van der Waals surface area contributed by atoms with Gasteiger partial charge in [-0.1, -0.05) is 12.1 Å². The van der Waals surface area contributed by atoms with Crippen LogP contribution < -0.4 is 14.8 Å². The van der Waals surface area contributed by atoms with Crippen molar-refractivity contribution in [3.8, 4) is 5.75 Å². The first-order chi connectivity index (χ1) is 16.0. The van der Waals surface area contributed by atoms with E-state index in [1.807, 2.05) is 23.6 Å². The Labute approximate surface area is 197 Å². The molecule has 1 unspecified atom stereocenters. The number of carbonyl (C=O) groups excluding carboxylic acids is 1. The molecule has 4 rings (SSSR count). The average Bonchev–Trinajstić information content (AvgIpc) is 3.52. The summed E-state index contributed by atoms with van der Waals surface area (Å²) in [7, 11) is -3.64. The number of hydrogen-bond acceptors (Lipinski definition) is 6. The van der Waals surface area contributed by atoms with Gasteiger partial charge >= 0.3 is 0 Å². The third kappa shape index (κ3) is 6.64. The minimum absolute atomic E-state index is 0.114. The van der Waals surface area contributed by atoms with Crippen molar-refractivity contribution in [3.63, 3.8) is 0 Å². The summed E-state index contributed by atoms with van der Waals surface area (Å²) in [5.41, 5.74) is 0.954. The first-order valence-corrected chi connectivity index (χ1v) is 13.1. The molecule has 1 aromatic heterocycles. The first kappa shape index (κ1) is 23.4. The van der Waals surface area contributed by atoms with Gasteiger partial charge in [-0.2, -0.15) is 0 Å². The van der Waals surface area contributed by atoms with E-state index in [0.29, 0.717) is 36.6 Å². The van der Waals surface area contributed by atoms with E-state index in [9.17, 15) is 13.2 Å². The molecule has 1 amide bonds. The van der Waals surface area contributed by atoms with Gasteiger partial charge in [-0.25, -0.2) is 13.1 Å². The van der Waals surface area contributed by atoms with Gasteiger partial charge in [0.25, 0.3) is 5.91 Å². The minimum Gasteiger partial charge on any atom is -0.491 e. The summed E-state index contributed by atoms with van der Waals surface area (Å²) < 4.78 is 38.9. The second kappa shape index (κ2) is 10.9. The number of hydrogen-bond donors (Lipinski definition) is 2. The van der Waals surface area contributed by atoms with E-state index >= 15 is 0 Å². The van der Waals surface area contributed by atoms with Gasteiger partial charge in [0.2, 0.25) is 10.0 Å². The van der Waals surface area contributed by atoms with Crippen LogP contribution in [0, 0.1) is 0 Å². The summed E-state index contributed by atoms with van der Waals surface area (Å²) in [6.45, 7) is 1.57. The summed E-state index contributed by atoms with van der Waals surface area (Å²) in [6, 6.07) is 16.9. The molecular formula is C24H26N2O5S2. The number of nitrogens with one attached hydrogen (secondary N) is 2. The van der Waals surface area contributed by atoms with Crippen LogP contribution in [0.15, 0.2) is 70.9 Å². The van der Waals surface area contributed by atoms with Crippen molar-refractivity contribution in [2.45, 2.75) is 30.3 Å². The van der Waals surface area contributed by atoms with Crippen molar-refractivity contribution >= 4 is 33.0 Å². The highest BCUT2D eigenvalue weighted by molar-refractivity contribution is 7.89. The normalized spacial score (nSPS) is 15.9. The van der Waals surface area contributed by atoms with Crippen molar-refractivity contribution in [2.24, 2.45) is 0 Å². The molecule has 0 radical (unpaired) electrons. The van der Waals surface area contributed by atoms with E-state index in [2.05, 4.69) is 10.0 Å². The lowest BCUT2D eigenvalue weighted by Gasteiger charge is -2.13. The minimum atomic E-state index is -3.64. The van der Waals surface area contributed by atoms with Gasteiger partial charge in [-0.3, -0.25) is 4.79 Å². The molecule has 1 fully saturated rings. The van der Waals surface area contributed by atoms with Crippen molar-refractivity contribution < 1.29 is 22.7 Å². The van der Waals surface area contributed by atoms with Crippen LogP contribution in [-0.4, -0.2) is 40.2 Å². The highest BCUT2D eigenvalue weighted by atomic mass is 32.2. The van der Waals surface area contributed by atoms with E-state index in [1.165, 1.54) is 24.3 Å². The summed E-state index contributed by atoms with van der Waals surface area (Å²) in [6.07, 6.45) is 2.79. The fourth-order valence-corrected chi connectivity index (χ4v) is 5.20. The van der Waals surface area contributed by atoms with Gasteiger partial charge < -0.3 is 14.8 Å². The van der Waals surface area contributed by atoms with Gasteiger partial charge in [0, 0.05) is 35.3 Å². The molecule has 1 aliphatic rings. The molecule has 2 aromatic carbocycles. The van der Waals surface area contributed by atoms with E-state index in [0.717, 1.165) is 24.3 Å². The largest absolute Gasteiger partial charge is 0.491 e. The molecule has 0 aliphatic carbocycles. The quantitative estimate of drug-likeness (QED) is 0.450. The number of sulfonamides is 1. The van der Waals surface area contributed by atoms with Crippen LogP contribution in [0.5, 0.6) is 5.75 Å². The maximum absolute atomic E-state index is 12.6. The zero-order chi connectivity index (χ0) is 23.1. The zero-order valence-electron chi connectivity index (χ0n) is 18.0. The zero-order valence-corrected chi connectivity index (χ0v) is 19.7. The Morgan fingerprint density at radius 3 is 2.70 bits per heavy atom. The highest BCUT2D eigenvalue weighted by Crippen LogP contribution is 2.21. The second-order valence-electron chi connectivity index (χ2n) is 7.68. The van der Waals surface area contributed by atoms with Crippen molar-refractivity contribution in [2.75, 3.05) is 25.1 Å². The average molecular weight is 487 g/mol. The molecule has 2 N–H and O–H groups in total. The predicted molar refractivity (Wildman–Crippen MR) is 129 cm³/mol. The van der Waals surface area contributed by atoms with Crippen LogP contribution >= 0.6 is 11.3 Å². The number of benzene rings is 2. The number of thiophene rings is 1. The van der Waals surface area contributed by atoms with Crippen molar-refractivity contribution in [1.29, 1.82) is 0 Å². The molecule has 0 saturated carbocycles. The summed E-state index contributed by atoms with van der Waals surface area (Å²) in [4.78, 5) is 13.9. The molecule has 3 aromatic rings. The van der Waals surface area contributed by atoms with Crippen LogP contribution in [0.3, 0.4) is 0 Å². The molecule has 2 heterocycles. The molecule has 1 aliphatic heterocycles. The monoisotopic (exact) mass is 486 g/mol. The highest BCUT2D eigenvalue weighted by Gasteiger charge is 2.17. The van der Waals surface area contributed by atoms with E-state index in [4.69, 9.17) is 9.47 Å². The lowest BCUT2D eigenvalue weighted by molar-refractivity contribution is 0.0680. The van der Waals surface area contributed by atoms with Crippen molar-refractivity contribution in [1.82, 2.24) is 4.72 Å². The smallest absolute Gasteiger partial charge is 0.255 e. The van der Waals surface area contributed by atoms with Gasteiger partial charge in [0.05, 0.1) is 11.0 Å². The van der Waals surface area contributed by atoms with Gasteiger partial charge in [0.15, 0.2) is 0 Å². The number of rotatable bonds is 10. The maximum atomic E-state index is 12.6. The van der Waals surface area contributed by atoms with Crippen LogP contribution in [0.25, 0.3) is 0 Å². The Hall–Kier alpha value is -2.72. The van der Waals surface area contributed by atoms with Gasteiger partial charge in [-0.15, -0.1) is 11.3 Å². The Morgan fingerprint density at radius 1 is 1.12 bits per heavy atom. The number of carbonyl (C=O) groups is 1. The predicted octanol–water partition coefficient (Wildman–Crippen LogP) is 4.08. The number of anilines is 1. The van der Waals surface area contributed by atoms with E-state index in [-0.39, 0.29) is 16.9 Å². The Kier molecular flexibility index (Phi) is 7.77. The third-order valence-electron chi connectivity index (χ3n) is 5.22. The van der Waals surface area contributed by atoms with E-state index in [1.54, 1.807) is 29.5 Å². The van der Waals surface area contributed by atoms with E-state index < -0.39 is 10.0 Å². The first-order valence-electron chi connectivity index (χ1n) is 10.8. The molecule has 1 saturated heterocycles. The number of amides is 1. The van der Waals surface area contributed by atoms with Crippen LogP contribution in [-0.2, 0) is 21.2 Å². The van der Waals surface area contributed by atoms with Crippen LogP contribution in [0.1, 0.15) is 28.1 Å². The topological polar surface area (TPSA) is 93.7 Å². The third-order valence-corrected chi connectivity index (χ3v) is 7.64. The second-order valence-corrected chi connectivity index (χ2v) is 10.5. The molecule has 174 valence electrons. The van der Waals surface area contributed by atoms with Crippen LogP contribution in [0.4, 0.5) is 5.69 Å². The Balaban J connectivity index is 1.31.